The van der Waals surface area contributed by atoms with Gasteiger partial charge >= 0.3 is 0 Å². The Balaban J connectivity index is 2.39. The first-order valence-electron chi connectivity index (χ1n) is 9.45. The molecule has 1 amide bonds. The van der Waals surface area contributed by atoms with E-state index in [0.29, 0.717) is 18.0 Å². The fourth-order valence-corrected chi connectivity index (χ4v) is 4.21. The number of ether oxygens (including phenoxy) is 1. The molecule has 6 nitrogen and oxygen atoms in total. The molecule has 0 aromatic heterocycles. The summed E-state index contributed by atoms with van der Waals surface area (Å²) in [5.41, 5.74) is 0.392. The fourth-order valence-electron chi connectivity index (χ4n) is 2.52. The van der Waals surface area contributed by atoms with Crippen LogP contribution in [0, 0.1) is 5.92 Å². The summed E-state index contributed by atoms with van der Waals surface area (Å²) in [6.07, 6.45) is 0. The Labute approximate surface area is 181 Å². The summed E-state index contributed by atoms with van der Waals surface area (Å²) in [6.45, 7) is 7.95. The van der Waals surface area contributed by atoms with Crippen LogP contribution in [0.1, 0.15) is 27.7 Å². The highest BCUT2D eigenvalue weighted by Gasteiger charge is 2.28. The number of hydrogen-bond donors (Lipinski definition) is 1. The molecule has 1 atom stereocenters. The number of nitrogens with one attached hydrogen (secondary N) is 1. The van der Waals surface area contributed by atoms with Crippen molar-refractivity contribution in [3.05, 3.63) is 53.0 Å². The zero-order chi connectivity index (χ0) is 21.6. The monoisotopic (exact) mass is 482 g/mol. The maximum Gasteiger partial charge on any atom is 0.264 e. The van der Waals surface area contributed by atoms with Gasteiger partial charge in [-0.25, -0.2) is 8.42 Å². The van der Waals surface area contributed by atoms with Crippen LogP contribution in [0.3, 0.4) is 0 Å². The molecule has 0 saturated heterocycles. The summed E-state index contributed by atoms with van der Waals surface area (Å²) >= 11 is 3.31. The van der Waals surface area contributed by atoms with Gasteiger partial charge in [-0.2, -0.15) is 0 Å². The summed E-state index contributed by atoms with van der Waals surface area (Å²) in [4.78, 5) is 12.7. The molecular formula is C21H27BrN2O4S. The lowest BCUT2D eigenvalue weighted by Crippen LogP contribution is -2.45. The molecule has 2 rings (SSSR count). The van der Waals surface area contributed by atoms with Crippen LogP contribution in [0.2, 0.25) is 0 Å². The predicted molar refractivity (Wildman–Crippen MR) is 119 cm³/mol. The molecule has 0 aliphatic heterocycles. The molecule has 1 N–H and O–H groups in total. The van der Waals surface area contributed by atoms with E-state index < -0.39 is 10.0 Å². The summed E-state index contributed by atoms with van der Waals surface area (Å²) in [5.74, 6) is 0.511. The van der Waals surface area contributed by atoms with Gasteiger partial charge in [0.05, 0.1) is 17.2 Å². The molecule has 0 bridgehead atoms. The van der Waals surface area contributed by atoms with Gasteiger partial charge in [-0.3, -0.25) is 9.10 Å². The Morgan fingerprint density at radius 2 is 1.66 bits per heavy atom. The molecule has 0 saturated carbocycles. The minimum Gasteiger partial charge on any atom is -0.494 e. The second-order valence-electron chi connectivity index (χ2n) is 6.99. The zero-order valence-corrected chi connectivity index (χ0v) is 19.5. The third-order valence-corrected chi connectivity index (χ3v) is 6.83. The number of amides is 1. The van der Waals surface area contributed by atoms with Crippen molar-refractivity contribution in [2.24, 2.45) is 5.92 Å². The quantitative estimate of drug-likeness (QED) is 0.580. The molecule has 0 spiro atoms. The topological polar surface area (TPSA) is 75.7 Å². The second-order valence-corrected chi connectivity index (χ2v) is 9.77. The molecule has 0 unspecified atom stereocenters. The number of carbonyl (C=O) groups is 1. The average molecular weight is 483 g/mol. The number of benzene rings is 2. The number of sulfonamides is 1. The van der Waals surface area contributed by atoms with Gasteiger partial charge in [0.15, 0.2) is 0 Å². The number of nitrogens with zero attached hydrogens (tertiary/aromatic N) is 1. The smallest absolute Gasteiger partial charge is 0.264 e. The van der Waals surface area contributed by atoms with E-state index in [1.165, 1.54) is 12.1 Å². The van der Waals surface area contributed by atoms with Crippen molar-refractivity contribution >= 4 is 37.5 Å². The van der Waals surface area contributed by atoms with Crippen molar-refractivity contribution in [2.45, 2.75) is 38.6 Å². The molecule has 8 heteroatoms. The van der Waals surface area contributed by atoms with E-state index in [-0.39, 0.29) is 29.3 Å². The zero-order valence-electron chi connectivity index (χ0n) is 17.1. The lowest BCUT2D eigenvalue weighted by atomic mass is 10.1. The van der Waals surface area contributed by atoms with Crippen LogP contribution in [0.4, 0.5) is 5.69 Å². The van der Waals surface area contributed by atoms with Gasteiger partial charge in [-0.05, 0) is 68.3 Å². The van der Waals surface area contributed by atoms with Crippen LogP contribution in [0.15, 0.2) is 57.9 Å². The van der Waals surface area contributed by atoms with Crippen LogP contribution in [0.5, 0.6) is 5.75 Å². The van der Waals surface area contributed by atoms with Crippen LogP contribution >= 0.6 is 15.9 Å². The molecule has 0 radical (unpaired) electrons. The number of anilines is 1. The van der Waals surface area contributed by atoms with E-state index in [0.717, 1.165) is 8.78 Å². The van der Waals surface area contributed by atoms with Gasteiger partial charge in [0, 0.05) is 10.5 Å². The van der Waals surface area contributed by atoms with E-state index in [1.54, 1.807) is 36.4 Å². The highest BCUT2D eigenvalue weighted by atomic mass is 79.9. The Bertz CT molecular complexity index is 913. The normalized spacial score (nSPS) is 12.5. The molecule has 158 valence electrons. The Kier molecular flexibility index (Phi) is 8.10. The Morgan fingerprint density at radius 3 is 2.17 bits per heavy atom. The van der Waals surface area contributed by atoms with E-state index in [2.05, 4.69) is 21.2 Å². The molecule has 0 aliphatic carbocycles. The van der Waals surface area contributed by atoms with Crippen molar-refractivity contribution in [2.75, 3.05) is 17.5 Å². The summed E-state index contributed by atoms with van der Waals surface area (Å²) < 4.78 is 33.9. The van der Waals surface area contributed by atoms with Gasteiger partial charge in [0.1, 0.15) is 12.3 Å². The van der Waals surface area contributed by atoms with E-state index >= 15 is 0 Å². The Morgan fingerprint density at radius 1 is 1.07 bits per heavy atom. The van der Waals surface area contributed by atoms with Crippen molar-refractivity contribution in [1.82, 2.24) is 5.32 Å². The first-order valence-corrected chi connectivity index (χ1v) is 11.7. The molecule has 0 aliphatic rings. The summed E-state index contributed by atoms with van der Waals surface area (Å²) in [5, 5.41) is 2.87. The van der Waals surface area contributed by atoms with E-state index in [4.69, 9.17) is 4.74 Å². The lowest BCUT2D eigenvalue weighted by molar-refractivity contribution is -0.120. The minimum atomic E-state index is -3.94. The van der Waals surface area contributed by atoms with Crippen LogP contribution in [0.25, 0.3) is 0 Å². The van der Waals surface area contributed by atoms with Crippen molar-refractivity contribution in [3.63, 3.8) is 0 Å². The van der Waals surface area contributed by atoms with Gasteiger partial charge < -0.3 is 10.1 Å². The van der Waals surface area contributed by atoms with Gasteiger partial charge in [0.25, 0.3) is 10.0 Å². The number of carbonyl (C=O) groups excluding carboxylic acids is 1. The largest absolute Gasteiger partial charge is 0.494 e. The molecule has 0 heterocycles. The van der Waals surface area contributed by atoms with Gasteiger partial charge in [-0.1, -0.05) is 29.8 Å². The highest BCUT2D eigenvalue weighted by Crippen LogP contribution is 2.26. The third-order valence-electron chi connectivity index (χ3n) is 4.51. The highest BCUT2D eigenvalue weighted by molar-refractivity contribution is 9.10. The number of hydrogen-bond acceptors (Lipinski definition) is 4. The summed E-state index contributed by atoms with van der Waals surface area (Å²) in [6, 6.07) is 12.9. The van der Waals surface area contributed by atoms with Crippen LogP contribution in [-0.4, -0.2) is 33.5 Å². The van der Waals surface area contributed by atoms with Crippen LogP contribution in [-0.2, 0) is 14.8 Å². The van der Waals surface area contributed by atoms with Crippen molar-refractivity contribution < 1.29 is 17.9 Å². The first kappa shape index (κ1) is 23.2. The average Bonchev–Trinajstić information content (AvgIpc) is 2.67. The summed E-state index contributed by atoms with van der Waals surface area (Å²) in [7, 11) is -3.94. The maximum atomic E-state index is 13.3. The first-order chi connectivity index (χ1) is 13.6. The van der Waals surface area contributed by atoms with Crippen molar-refractivity contribution in [1.29, 1.82) is 0 Å². The molecule has 29 heavy (non-hydrogen) atoms. The lowest BCUT2D eigenvalue weighted by Gasteiger charge is -2.26. The molecule has 0 fully saturated rings. The minimum absolute atomic E-state index is 0.0694. The molecular weight excluding hydrogens is 456 g/mol. The number of halogens is 1. The van der Waals surface area contributed by atoms with Crippen molar-refractivity contribution in [3.8, 4) is 5.75 Å². The third kappa shape index (κ3) is 6.21. The molecule has 2 aromatic rings. The second kappa shape index (κ2) is 10.1. The van der Waals surface area contributed by atoms with Crippen LogP contribution < -0.4 is 14.4 Å². The number of rotatable bonds is 9. The van der Waals surface area contributed by atoms with Gasteiger partial charge in [0.2, 0.25) is 5.91 Å². The van der Waals surface area contributed by atoms with E-state index in [9.17, 15) is 13.2 Å². The maximum absolute atomic E-state index is 13.3. The van der Waals surface area contributed by atoms with E-state index in [1.807, 2.05) is 27.7 Å². The fraction of sp³-hybridized carbons (Fsp3) is 0.381. The SMILES string of the molecule is CCOc1ccc(N(CC(=O)N[C@H](C)C(C)C)S(=O)(=O)c2ccc(Br)cc2)cc1. The molecule has 2 aromatic carbocycles. The predicted octanol–water partition coefficient (Wildman–Crippen LogP) is 4.20. The Hall–Kier alpha value is -2.06. The standard InChI is InChI=1S/C21H27BrN2O4S/c1-5-28-19-10-8-18(9-11-19)24(14-21(25)23-16(4)15(2)3)29(26,27)20-12-6-17(22)7-13-20/h6-13,15-16H,5,14H2,1-4H3,(H,23,25)/t16-/m1/s1. The van der Waals surface area contributed by atoms with Gasteiger partial charge in [-0.15, -0.1) is 0 Å².